The lowest BCUT2D eigenvalue weighted by atomic mass is 9.95. The summed E-state index contributed by atoms with van der Waals surface area (Å²) in [5, 5.41) is 1.47. The predicted octanol–water partition coefficient (Wildman–Crippen LogP) is 6.05. The van der Waals surface area contributed by atoms with Crippen LogP contribution in [0, 0.1) is 0 Å². The molecule has 1 amide bonds. The molecule has 0 radical (unpaired) electrons. The Morgan fingerprint density at radius 1 is 0.971 bits per heavy atom. The summed E-state index contributed by atoms with van der Waals surface area (Å²) in [6.45, 7) is 2.03. The number of fused-ring (bicyclic) bond motifs is 1. The van der Waals surface area contributed by atoms with Crippen LogP contribution in [-0.2, 0) is 14.3 Å². The summed E-state index contributed by atoms with van der Waals surface area (Å²) in [5.74, 6) is -0.339. The van der Waals surface area contributed by atoms with Crippen molar-refractivity contribution < 1.29 is 14.3 Å². The number of hydrogen-bond donors (Lipinski definition) is 0. The van der Waals surface area contributed by atoms with Crippen molar-refractivity contribution in [2.75, 3.05) is 17.3 Å². The molecule has 5 rings (SSSR count). The van der Waals surface area contributed by atoms with Crippen molar-refractivity contribution >= 4 is 40.2 Å². The minimum atomic E-state index is -0.471. The van der Waals surface area contributed by atoms with Crippen LogP contribution in [0.3, 0.4) is 0 Å². The van der Waals surface area contributed by atoms with Gasteiger partial charge in [-0.3, -0.25) is 9.69 Å². The number of hydrogen-bond acceptors (Lipinski definition) is 5. The molecule has 1 aliphatic heterocycles. The first kappa shape index (κ1) is 21.9. The number of thioether (sulfide) groups is 1. The fraction of sp³-hybridized carbons (Fsp3) is 0.107. The molecule has 1 aliphatic rings. The third-order valence-electron chi connectivity index (χ3n) is 5.54. The molecule has 0 bridgehead atoms. The van der Waals surface area contributed by atoms with Crippen LogP contribution in [0.1, 0.15) is 6.92 Å². The van der Waals surface area contributed by atoms with Crippen LogP contribution in [0.25, 0.3) is 33.3 Å². The van der Waals surface area contributed by atoms with E-state index < -0.39 is 5.97 Å². The molecule has 0 aliphatic carbocycles. The summed E-state index contributed by atoms with van der Waals surface area (Å²) < 4.78 is 5.14. The maximum Gasteiger partial charge on any atom is 0.333 e. The quantitative estimate of drug-likeness (QED) is 0.265. The standard InChI is InChI=1S/C28H22N2O3S/c1-2-33-25(32)17-24-30(23(31)18-34-24)28-26(19-11-5-3-6-12-19)21-15-9-10-16-22(21)29-27(28)20-13-7-4-8-14-20/h3-17H,2,18H2,1H3/b24-17-. The van der Waals surface area contributed by atoms with E-state index in [9.17, 15) is 9.59 Å². The number of benzene rings is 3. The van der Waals surface area contributed by atoms with E-state index in [0.717, 1.165) is 27.6 Å². The van der Waals surface area contributed by atoms with Gasteiger partial charge >= 0.3 is 5.97 Å². The van der Waals surface area contributed by atoms with E-state index in [1.165, 1.54) is 17.8 Å². The SMILES string of the molecule is CCOC(=O)/C=C1\SCC(=O)N1c1c(-c2ccccc2)nc2ccccc2c1-c1ccccc1. The summed E-state index contributed by atoms with van der Waals surface area (Å²) in [7, 11) is 0. The number of ether oxygens (including phenoxy) is 1. The molecule has 0 spiro atoms. The predicted molar refractivity (Wildman–Crippen MR) is 137 cm³/mol. The normalized spacial score (nSPS) is 14.7. The number of anilines is 1. The highest BCUT2D eigenvalue weighted by molar-refractivity contribution is 8.04. The number of pyridine rings is 1. The average Bonchev–Trinajstić information content (AvgIpc) is 3.23. The maximum atomic E-state index is 13.3. The molecular weight excluding hydrogens is 444 g/mol. The molecule has 34 heavy (non-hydrogen) atoms. The molecule has 168 valence electrons. The summed E-state index contributed by atoms with van der Waals surface area (Å²) in [4.78, 5) is 32.3. The molecule has 3 aromatic carbocycles. The van der Waals surface area contributed by atoms with Crippen LogP contribution in [0.5, 0.6) is 0 Å². The van der Waals surface area contributed by atoms with Crippen LogP contribution >= 0.6 is 11.8 Å². The Morgan fingerprint density at radius 3 is 2.32 bits per heavy atom. The fourth-order valence-corrected chi connectivity index (χ4v) is 5.03. The molecule has 0 atom stereocenters. The summed E-state index contributed by atoms with van der Waals surface area (Å²) in [5.41, 5.74) is 4.94. The molecule has 6 heteroatoms. The summed E-state index contributed by atoms with van der Waals surface area (Å²) in [6, 6.07) is 27.7. The zero-order chi connectivity index (χ0) is 23.5. The van der Waals surface area contributed by atoms with Crippen LogP contribution in [0.4, 0.5) is 5.69 Å². The second-order valence-electron chi connectivity index (χ2n) is 7.69. The lowest BCUT2D eigenvalue weighted by molar-refractivity contribution is -0.137. The van der Waals surface area contributed by atoms with Gasteiger partial charge in [0.1, 0.15) is 0 Å². The number of carbonyl (C=O) groups is 2. The topological polar surface area (TPSA) is 59.5 Å². The Balaban J connectivity index is 1.87. The number of aromatic nitrogens is 1. The lowest BCUT2D eigenvalue weighted by Crippen LogP contribution is -2.26. The Hall–Kier alpha value is -3.90. The average molecular weight is 467 g/mol. The van der Waals surface area contributed by atoms with Crippen LogP contribution in [0.2, 0.25) is 0 Å². The number of amides is 1. The minimum absolute atomic E-state index is 0.105. The van der Waals surface area contributed by atoms with Gasteiger partial charge in [0.2, 0.25) is 5.91 Å². The van der Waals surface area contributed by atoms with Gasteiger partial charge in [-0.25, -0.2) is 9.78 Å². The smallest absolute Gasteiger partial charge is 0.333 e. The molecule has 1 aromatic heterocycles. The highest BCUT2D eigenvalue weighted by Crippen LogP contribution is 2.47. The molecule has 1 saturated heterocycles. The van der Waals surface area contributed by atoms with Crippen molar-refractivity contribution in [3.63, 3.8) is 0 Å². The minimum Gasteiger partial charge on any atom is -0.463 e. The first-order chi connectivity index (χ1) is 16.7. The van der Waals surface area contributed by atoms with Gasteiger partial charge in [0.15, 0.2) is 0 Å². The van der Waals surface area contributed by atoms with Crippen molar-refractivity contribution in [1.29, 1.82) is 0 Å². The third kappa shape index (κ3) is 4.08. The maximum absolute atomic E-state index is 13.3. The second kappa shape index (κ2) is 9.53. The second-order valence-corrected chi connectivity index (χ2v) is 8.68. The van der Waals surface area contributed by atoms with E-state index in [4.69, 9.17) is 9.72 Å². The monoisotopic (exact) mass is 466 g/mol. The Morgan fingerprint density at radius 2 is 1.62 bits per heavy atom. The van der Waals surface area contributed by atoms with Crippen molar-refractivity contribution in [2.24, 2.45) is 0 Å². The fourth-order valence-electron chi connectivity index (χ4n) is 4.13. The Bertz CT molecular complexity index is 1400. The van der Waals surface area contributed by atoms with Crippen molar-refractivity contribution in [3.05, 3.63) is 96.0 Å². The van der Waals surface area contributed by atoms with Gasteiger partial charge in [-0.15, -0.1) is 0 Å². The van der Waals surface area contributed by atoms with Crippen LogP contribution in [-0.4, -0.2) is 29.2 Å². The molecule has 1 fully saturated rings. The molecule has 0 unspecified atom stereocenters. The zero-order valence-corrected chi connectivity index (χ0v) is 19.4. The van der Waals surface area contributed by atoms with E-state index in [1.54, 1.807) is 11.8 Å². The summed E-state index contributed by atoms with van der Waals surface area (Å²) in [6.07, 6.45) is 1.40. The Kier molecular flexibility index (Phi) is 6.14. The lowest BCUT2D eigenvalue weighted by Gasteiger charge is -2.25. The van der Waals surface area contributed by atoms with Crippen molar-refractivity contribution in [2.45, 2.75) is 6.92 Å². The first-order valence-corrected chi connectivity index (χ1v) is 12.0. The van der Waals surface area contributed by atoms with Crippen molar-refractivity contribution in [1.82, 2.24) is 4.98 Å². The van der Waals surface area contributed by atoms with E-state index in [0.29, 0.717) is 16.4 Å². The van der Waals surface area contributed by atoms with Gasteiger partial charge < -0.3 is 4.74 Å². The van der Waals surface area contributed by atoms with Gasteiger partial charge in [-0.1, -0.05) is 90.6 Å². The van der Waals surface area contributed by atoms with Gasteiger partial charge in [-0.05, 0) is 18.6 Å². The summed E-state index contributed by atoms with van der Waals surface area (Å²) >= 11 is 1.33. The van der Waals surface area contributed by atoms with Gasteiger partial charge in [0.25, 0.3) is 0 Å². The third-order valence-corrected chi connectivity index (χ3v) is 6.53. The largest absolute Gasteiger partial charge is 0.463 e. The highest BCUT2D eigenvalue weighted by atomic mass is 32.2. The van der Waals surface area contributed by atoms with Gasteiger partial charge in [0.05, 0.1) is 40.4 Å². The highest BCUT2D eigenvalue weighted by Gasteiger charge is 2.34. The first-order valence-electron chi connectivity index (χ1n) is 11.0. The zero-order valence-electron chi connectivity index (χ0n) is 18.6. The van der Waals surface area contributed by atoms with Crippen LogP contribution in [0.15, 0.2) is 96.0 Å². The molecule has 4 aromatic rings. The number of para-hydroxylation sites is 1. The number of esters is 1. The number of nitrogens with zero attached hydrogens (tertiary/aromatic N) is 2. The molecule has 2 heterocycles. The van der Waals surface area contributed by atoms with E-state index >= 15 is 0 Å². The van der Waals surface area contributed by atoms with Gasteiger partial charge in [0, 0.05) is 16.5 Å². The van der Waals surface area contributed by atoms with Crippen molar-refractivity contribution in [3.8, 4) is 22.4 Å². The van der Waals surface area contributed by atoms with Crippen LogP contribution < -0.4 is 4.90 Å². The van der Waals surface area contributed by atoms with Gasteiger partial charge in [-0.2, -0.15) is 0 Å². The number of rotatable bonds is 5. The van der Waals surface area contributed by atoms with E-state index in [1.807, 2.05) is 84.9 Å². The number of carbonyl (C=O) groups excluding carboxylic acids is 2. The molecular formula is C28H22N2O3S. The Labute approximate surface area is 202 Å². The van der Waals surface area contributed by atoms with E-state index in [-0.39, 0.29) is 18.3 Å². The molecule has 0 saturated carbocycles. The van der Waals surface area contributed by atoms with E-state index in [2.05, 4.69) is 0 Å². The molecule has 5 nitrogen and oxygen atoms in total. The molecule has 0 N–H and O–H groups in total.